The van der Waals surface area contributed by atoms with Gasteiger partial charge in [0.25, 0.3) is 0 Å². The topological polar surface area (TPSA) is 15.3 Å². The van der Waals surface area contributed by atoms with Crippen LogP contribution in [0.3, 0.4) is 0 Å². The molecule has 0 saturated carbocycles. The van der Waals surface area contributed by atoms with E-state index in [4.69, 9.17) is 11.6 Å². The Hall–Kier alpha value is -0.570. The van der Waals surface area contributed by atoms with Crippen LogP contribution in [-0.2, 0) is 0 Å². The van der Waals surface area contributed by atoms with Crippen molar-refractivity contribution in [3.8, 4) is 0 Å². The van der Waals surface area contributed by atoms with Crippen LogP contribution in [0.4, 0.5) is 0 Å². The van der Waals surface area contributed by atoms with Gasteiger partial charge < -0.3 is 10.2 Å². The van der Waals surface area contributed by atoms with Gasteiger partial charge in [-0.1, -0.05) is 44.5 Å². The molecule has 0 radical (unpaired) electrons. The van der Waals surface area contributed by atoms with Gasteiger partial charge in [0.1, 0.15) is 0 Å². The van der Waals surface area contributed by atoms with Crippen LogP contribution in [0.2, 0.25) is 5.02 Å². The van der Waals surface area contributed by atoms with Crippen molar-refractivity contribution in [2.45, 2.75) is 33.2 Å². The molecule has 2 nitrogen and oxygen atoms in total. The lowest BCUT2D eigenvalue weighted by atomic mass is 10.0. The molecule has 3 heteroatoms. The molecule has 1 saturated heterocycles. The summed E-state index contributed by atoms with van der Waals surface area (Å²) in [5, 5.41) is 4.41. The Morgan fingerprint density at radius 2 is 1.80 bits per heavy atom. The average Bonchev–Trinajstić information content (AvgIpc) is 2.75. The molecule has 1 aliphatic rings. The van der Waals surface area contributed by atoms with Gasteiger partial charge >= 0.3 is 0 Å². The third kappa shape index (κ3) is 4.21. The van der Waals surface area contributed by atoms with Crippen LogP contribution in [-0.4, -0.2) is 31.1 Å². The molecule has 1 heterocycles. The van der Waals surface area contributed by atoms with Crippen molar-refractivity contribution in [2.75, 3.05) is 26.2 Å². The van der Waals surface area contributed by atoms with E-state index in [0.717, 1.165) is 29.8 Å². The van der Waals surface area contributed by atoms with Gasteiger partial charge in [-0.05, 0) is 49.0 Å². The third-order valence-corrected chi connectivity index (χ3v) is 4.77. The van der Waals surface area contributed by atoms with Crippen LogP contribution in [0.1, 0.15) is 38.8 Å². The van der Waals surface area contributed by atoms with Crippen LogP contribution in [0.15, 0.2) is 24.3 Å². The quantitative estimate of drug-likeness (QED) is 0.854. The fraction of sp³-hybridized carbons (Fsp3) is 0.647. The second-order valence-corrected chi connectivity index (χ2v) is 6.60. The van der Waals surface area contributed by atoms with E-state index in [1.54, 1.807) is 0 Å². The minimum Gasteiger partial charge on any atom is -0.310 e. The van der Waals surface area contributed by atoms with E-state index in [9.17, 15) is 0 Å². The normalized spacial score (nSPS) is 25.0. The fourth-order valence-electron chi connectivity index (χ4n) is 3.07. The number of likely N-dealkylation sites (tertiary alicyclic amines) is 1. The molecule has 112 valence electrons. The Bertz CT molecular complexity index is 394. The van der Waals surface area contributed by atoms with Crippen LogP contribution in [0.5, 0.6) is 0 Å². The molecule has 2 rings (SSSR count). The Kier molecular flexibility index (Phi) is 5.88. The number of rotatable bonds is 6. The fourth-order valence-corrected chi connectivity index (χ4v) is 3.20. The first-order valence-electron chi connectivity index (χ1n) is 7.81. The standard InChI is InChI=1S/C17H27ClN2/c1-4-19-17(15-5-7-16(18)8-6-15)9-10-20-11-13(2)14(3)12-20/h5-8,13-14,17,19H,4,9-12H2,1-3H3. The van der Waals surface area contributed by atoms with Crippen LogP contribution in [0, 0.1) is 11.8 Å². The molecule has 0 aromatic heterocycles. The number of halogens is 1. The molecule has 0 amide bonds. The molecule has 3 unspecified atom stereocenters. The van der Waals surface area contributed by atoms with Gasteiger partial charge in [0.15, 0.2) is 0 Å². The van der Waals surface area contributed by atoms with Crippen molar-refractivity contribution in [1.29, 1.82) is 0 Å². The van der Waals surface area contributed by atoms with Gasteiger partial charge in [0, 0.05) is 24.2 Å². The lowest BCUT2D eigenvalue weighted by Crippen LogP contribution is -2.28. The summed E-state index contributed by atoms with van der Waals surface area (Å²) in [6.45, 7) is 11.6. The van der Waals surface area contributed by atoms with Crippen LogP contribution >= 0.6 is 11.6 Å². The Labute approximate surface area is 128 Å². The summed E-state index contributed by atoms with van der Waals surface area (Å²) in [7, 11) is 0. The predicted octanol–water partition coefficient (Wildman–Crippen LogP) is 3.97. The van der Waals surface area contributed by atoms with Crippen molar-refractivity contribution in [1.82, 2.24) is 10.2 Å². The van der Waals surface area contributed by atoms with Gasteiger partial charge in [-0.25, -0.2) is 0 Å². The number of hydrogen-bond donors (Lipinski definition) is 1. The molecule has 20 heavy (non-hydrogen) atoms. The van der Waals surface area contributed by atoms with Crippen molar-refractivity contribution >= 4 is 11.6 Å². The largest absolute Gasteiger partial charge is 0.310 e. The smallest absolute Gasteiger partial charge is 0.0406 e. The lowest BCUT2D eigenvalue weighted by Gasteiger charge is -2.22. The molecular formula is C17H27ClN2. The van der Waals surface area contributed by atoms with Crippen molar-refractivity contribution in [3.63, 3.8) is 0 Å². The highest BCUT2D eigenvalue weighted by molar-refractivity contribution is 6.30. The molecular weight excluding hydrogens is 268 g/mol. The summed E-state index contributed by atoms with van der Waals surface area (Å²) in [4.78, 5) is 2.61. The summed E-state index contributed by atoms with van der Waals surface area (Å²) >= 11 is 5.98. The van der Waals surface area contributed by atoms with Gasteiger partial charge in [-0.15, -0.1) is 0 Å². The first kappa shape index (κ1) is 15.8. The highest BCUT2D eigenvalue weighted by Gasteiger charge is 2.26. The van der Waals surface area contributed by atoms with E-state index < -0.39 is 0 Å². The molecule has 0 spiro atoms. The van der Waals surface area contributed by atoms with Crippen molar-refractivity contribution in [3.05, 3.63) is 34.9 Å². The minimum atomic E-state index is 0.434. The number of nitrogens with zero attached hydrogens (tertiary/aromatic N) is 1. The van der Waals surface area contributed by atoms with Gasteiger partial charge in [-0.2, -0.15) is 0 Å². The van der Waals surface area contributed by atoms with E-state index in [-0.39, 0.29) is 0 Å². The summed E-state index contributed by atoms with van der Waals surface area (Å²) in [5.74, 6) is 1.67. The molecule has 3 atom stereocenters. The van der Waals surface area contributed by atoms with Gasteiger partial charge in [0.2, 0.25) is 0 Å². The molecule has 1 fully saturated rings. The Morgan fingerprint density at radius 1 is 1.20 bits per heavy atom. The summed E-state index contributed by atoms with van der Waals surface area (Å²) in [6.07, 6.45) is 1.16. The predicted molar refractivity (Wildman–Crippen MR) is 87.3 cm³/mol. The zero-order valence-corrected chi connectivity index (χ0v) is 13.7. The molecule has 0 bridgehead atoms. The first-order valence-corrected chi connectivity index (χ1v) is 8.19. The molecule has 1 N–H and O–H groups in total. The number of nitrogens with one attached hydrogen (secondary N) is 1. The van der Waals surface area contributed by atoms with E-state index in [1.165, 1.54) is 25.2 Å². The Balaban J connectivity index is 1.91. The molecule has 1 aliphatic heterocycles. The average molecular weight is 295 g/mol. The minimum absolute atomic E-state index is 0.434. The van der Waals surface area contributed by atoms with Crippen LogP contribution < -0.4 is 5.32 Å². The maximum absolute atomic E-state index is 5.98. The Morgan fingerprint density at radius 3 is 2.35 bits per heavy atom. The second kappa shape index (κ2) is 7.44. The summed E-state index contributed by atoms with van der Waals surface area (Å²) in [5.41, 5.74) is 1.34. The van der Waals surface area contributed by atoms with E-state index in [0.29, 0.717) is 6.04 Å². The maximum atomic E-state index is 5.98. The highest BCUT2D eigenvalue weighted by Crippen LogP contribution is 2.24. The SMILES string of the molecule is CCNC(CCN1CC(C)C(C)C1)c1ccc(Cl)cc1. The number of hydrogen-bond acceptors (Lipinski definition) is 2. The van der Waals surface area contributed by atoms with Gasteiger partial charge in [-0.3, -0.25) is 0 Å². The zero-order chi connectivity index (χ0) is 14.5. The zero-order valence-electron chi connectivity index (χ0n) is 12.9. The highest BCUT2D eigenvalue weighted by atomic mass is 35.5. The van der Waals surface area contributed by atoms with E-state index in [1.807, 2.05) is 12.1 Å². The van der Waals surface area contributed by atoms with Crippen LogP contribution in [0.25, 0.3) is 0 Å². The molecule has 1 aromatic rings. The summed E-state index contributed by atoms with van der Waals surface area (Å²) < 4.78 is 0. The summed E-state index contributed by atoms with van der Waals surface area (Å²) in [6, 6.07) is 8.70. The first-order chi connectivity index (χ1) is 9.60. The molecule has 0 aliphatic carbocycles. The number of benzene rings is 1. The van der Waals surface area contributed by atoms with Crippen molar-refractivity contribution < 1.29 is 0 Å². The van der Waals surface area contributed by atoms with E-state index in [2.05, 4.69) is 43.1 Å². The molecule has 1 aromatic carbocycles. The lowest BCUT2D eigenvalue weighted by molar-refractivity contribution is 0.299. The van der Waals surface area contributed by atoms with E-state index >= 15 is 0 Å². The second-order valence-electron chi connectivity index (χ2n) is 6.16. The third-order valence-electron chi connectivity index (χ3n) is 4.52. The monoisotopic (exact) mass is 294 g/mol. The maximum Gasteiger partial charge on any atom is 0.0406 e. The van der Waals surface area contributed by atoms with Gasteiger partial charge in [0.05, 0.1) is 0 Å². The van der Waals surface area contributed by atoms with Crippen molar-refractivity contribution in [2.24, 2.45) is 11.8 Å².